The van der Waals surface area contributed by atoms with E-state index in [0.717, 1.165) is 12.8 Å². The van der Waals surface area contributed by atoms with Crippen LogP contribution in [0.15, 0.2) is 12.4 Å². The minimum atomic E-state index is -0.0677. The van der Waals surface area contributed by atoms with Crippen molar-refractivity contribution in [1.82, 2.24) is 15.3 Å². The fourth-order valence-corrected chi connectivity index (χ4v) is 2.12. The quantitative estimate of drug-likeness (QED) is 0.777. The average molecular weight is 235 g/mol. The number of hydrogen-bond donors (Lipinski definition) is 1. The van der Waals surface area contributed by atoms with Gasteiger partial charge in [0.1, 0.15) is 0 Å². The van der Waals surface area contributed by atoms with E-state index in [4.69, 9.17) is 4.74 Å². The van der Waals surface area contributed by atoms with Gasteiger partial charge in [0.15, 0.2) is 11.5 Å². The molecule has 1 aliphatic rings. The third kappa shape index (κ3) is 3.00. The lowest BCUT2D eigenvalue weighted by Crippen LogP contribution is -2.32. The van der Waals surface area contributed by atoms with Crippen molar-refractivity contribution in [3.63, 3.8) is 0 Å². The number of nitrogens with zero attached hydrogens (tertiary/aromatic N) is 2. The van der Waals surface area contributed by atoms with Gasteiger partial charge in [-0.2, -0.15) is 0 Å². The predicted molar refractivity (Wildman–Crippen MR) is 63.2 cm³/mol. The van der Waals surface area contributed by atoms with E-state index < -0.39 is 0 Å². The molecule has 2 rings (SSSR count). The van der Waals surface area contributed by atoms with Crippen LogP contribution in [0.3, 0.4) is 0 Å². The summed E-state index contributed by atoms with van der Waals surface area (Å²) in [6.07, 6.45) is 7.84. The molecule has 0 saturated heterocycles. The molecule has 0 aromatic carbocycles. The highest BCUT2D eigenvalue weighted by Crippen LogP contribution is 2.17. The Bertz CT molecular complexity index is 389. The fraction of sp³-hybridized carbons (Fsp3) is 0.583. The minimum absolute atomic E-state index is 0.0677. The minimum Gasteiger partial charge on any atom is -0.479 e. The van der Waals surface area contributed by atoms with Crippen molar-refractivity contribution in [3.05, 3.63) is 18.1 Å². The summed E-state index contributed by atoms with van der Waals surface area (Å²) in [5, 5.41) is 3.26. The molecule has 1 N–H and O–H groups in total. The van der Waals surface area contributed by atoms with Gasteiger partial charge >= 0.3 is 0 Å². The standard InChI is InChI=1S/C12H17N3O2/c1-17-12-11(13-6-7-14-12)10(16)8-15-9-4-2-3-5-9/h6-7,9,15H,2-5,8H2,1H3. The van der Waals surface area contributed by atoms with E-state index in [2.05, 4.69) is 15.3 Å². The van der Waals surface area contributed by atoms with Gasteiger partial charge in [-0.05, 0) is 12.8 Å². The Morgan fingerprint density at radius 1 is 1.41 bits per heavy atom. The van der Waals surface area contributed by atoms with Gasteiger partial charge in [-0.25, -0.2) is 9.97 Å². The maximum atomic E-state index is 11.9. The topological polar surface area (TPSA) is 64.1 Å². The number of hydrogen-bond acceptors (Lipinski definition) is 5. The van der Waals surface area contributed by atoms with Gasteiger partial charge in [0.25, 0.3) is 0 Å². The van der Waals surface area contributed by atoms with Crippen LogP contribution in [-0.2, 0) is 0 Å². The number of carbonyl (C=O) groups is 1. The molecule has 0 radical (unpaired) electrons. The maximum absolute atomic E-state index is 11.9. The zero-order valence-corrected chi connectivity index (χ0v) is 9.98. The second-order valence-corrected chi connectivity index (χ2v) is 4.20. The second-order valence-electron chi connectivity index (χ2n) is 4.20. The molecule has 1 aromatic heterocycles. The van der Waals surface area contributed by atoms with Gasteiger partial charge in [-0.3, -0.25) is 4.79 Å². The van der Waals surface area contributed by atoms with Crippen LogP contribution in [-0.4, -0.2) is 35.4 Å². The highest BCUT2D eigenvalue weighted by molar-refractivity contribution is 5.97. The summed E-state index contributed by atoms with van der Waals surface area (Å²) in [6, 6.07) is 0.474. The molecule has 17 heavy (non-hydrogen) atoms. The molecular weight excluding hydrogens is 218 g/mol. The van der Waals surface area contributed by atoms with E-state index in [1.54, 1.807) is 0 Å². The summed E-state index contributed by atoms with van der Waals surface area (Å²) in [5.41, 5.74) is 0.306. The van der Waals surface area contributed by atoms with E-state index in [1.165, 1.54) is 32.3 Å². The molecule has 1 saturated carbocycles. The van der Waals surface area contributed by atoms with Crippen molar-refractivity contribution in [2.75, 3.05) is 13.7 Å². The van der Waals surface area contributed by atoms with E-state index >= 15 is 0 Å². The van der Waals surface area contributed by atoms with Crippen LogP contribution in [0, 0.1) is 0 Å². The van der Waals surface area contributed by atoms with E-state index in [-0.39, 0.29) is 5.78 Å². The highest BCUT2D eigenvalue weighted by Gasteiger charge is 2.18. The van der Waals surface area contributed by atoms with Crippen LogP contribution in [0.4, 0.5) is 0 Å². The Labute approximate surface area is 101 Å². The molecule has 1 fully saturated rings. The lowest BCUT2D eigenvalue weighted by molar-refractivity contribution is 0.0978. The number of aromatic nitrogens is 2. The van der Waals surface area contributed by atoms with Crippen LogP contribution in [0.1, 0.15) is 36.2 Å². The summed E-state index contributed by atoms with van der Waals surface area (Å²) in [5.74, 6) is 0.229. The maximum Gasteiger partial charge on any atom is 0.243 e. The van der Waals surface area contributed by atoms with Crippen LogP contribution < -0.4 is 10.1 Å². The molecule has 92 valence electrons. The molecule has 5 heteroatoms. The first kappa shape index (κ1) is 12.0. The molecule has 5 nitrogen and oxygen atoms in total. The molecule has 1 aromatic rings. The number of ether oxygens (including phenoxy) is 1. The van der Waals surface area contributed by atoms with Gasteiger partial charge in [-0.1, -0.05) is 12.8 Å². The average Bonchev–Trinajstić information content (AvgIpc) is 2.89. The molecule has 0 unspecified atom stereocenters. The predicted octanol–water partition coefficient (Wildman–Crippen LogP) is 1.20. The van der Waals surface area contributed by atoms with E-state index in [1.807, 2.05) is 0 Å². The SMILES string of the molecule is COc1nccnc1C(=O)CNC1CCCC1. The Kier molecular flexibility index (Phi) is 4.03. The van der Waals surface area contributed by atoms with E-state index in [0.29, 0.717) is 24.2 Å². The van der Waals surface area contributed by atoms with Crippen molar-refractivity contribution >= 4 is 5.78 Å². The van der Waals surface area contributed by atoms with Gasteiger partial charge in [-0.15, -0.1) is 0 Å². The number of methoxy groups -OCH3 is 1. The number of rotatable bonds is 5. The Morgan fingerprint density at radius 2 is 2.12 bits per heavy atom. The number of carbonyl (C=O) groups excluding carboxylic acids is 1. The highest BCUT2D eigenvalue weighted by atomic mass is 16.5. The van der Waals surface area contributed by atoms with E-state index in [9.17, 15) is 4.79 Å². The smallest absolute Gasteiger partial charge is 0.243 e. The molecule has 1 heterocycles. The second kappa shape index (κ2) is 5.72. The van der Waals surface area contributed by atoms with Crippen LogP contribution in [0.5, 0.6) is 5.88 Å². The summed E-state index contributed by atoms with van der Waals surface area (Å²) < 4.78 is 5.02. The zero-order valence-electron chi connectivity index (χ0n) is 9.98. The Hall–Kier alpha value is -1.49. The molecule has 0 aliphatic heterocycles. The monoisotopic (exact) mass is 235 g/mol. The van der Waals surface area contributed by atoms with Crippen molar-refractivity contribution in [1.29, 1.82) is 0 Å². The first-order valence-electron chi connectivity index (χ1n) is 5.93. The summed E-state index contributed by atoms with van der Waals surface area (Å²) >= 11 is 0. The van der Waals surface area contributed by atoms with Crippen molar-refractivity contribution in [3.8, 4) is 5.88 Å². The third-order valence-corrected chi connectivity index (χ3v) is 3.03. The fourth-order valence-electron chi connectivity index (χ4n) is 2.12. The Morgan fingerprint density at radius 3 is 2.82 bits per heavy atom. The van der Waals surface area contributed by atoms with Crippen molar-refractivity contribution in [2.45, 2.75) is 31.7 Å². The first-order valence-corrected chi connectivity index (χ1v) is 5.93. The van der Waals surface area contributed by atoms with Crippen molar-refractivity contribution < 1.29 is 9.53 Å². The van der Waals surface area contributed by atoms with Gasteiger partial charge in [0.05, 0.1) is 13.7 Å². The normalized spacial score (nSPS) is 16.1. The Balaban J connectivity index is 1.94. The molecule has 0 bridgehead atoms. The lowest BCUT2D eigenvalue weighted by atomic mass is 10.2. The molecular formula is C12H17N3O2. The van der Waals surface area contributed by atoms with Crippen molar-refractivity contribution in [2.24, 2.45) is 0 Å². The molecule has 0 atom stereocenters. The van der Waals surface area contributed by atoms with Gasteiger partial charge < -0.3 is 10.1 Å². The largest absolute Gasteiger partial charge is 0.479 e. The number of Topliss-reactive ketones (excluding diaryl/α,β-unsaturated/α-hetero) is 1. The summed E-state index contributed by atoms with van der Waals surface area (Å²) in [4.78, 5) is 19.9. The summed E-state index contributed by atoms with van der Waals surface area (Å²) in [6.45, 7) is 0.305. The lowest BCUT2D eigenvalue weighted by Gasteiger charge is -2.11. The van der Waals surface area contributed by atoms with Gasteiger partial charge in [0.2, 0.25) is 5.88 Å². The van der Waals surface area contributed by atoms with Crippen LogP contribution >= 0.6 is 0 Å². The number of ketones is 1. The molecule has 0 spiro atoms. The summed E-state index contributed by atoms with van der Waals surface area (Å²) in [7, 11) is 1.49. The molecule has 1 aliphatic carbocycles. The first-order chi connectivity index (χ1) is 8.31. The third-order valence-electron chi connectivity index (χ3n) is 3.03. The number of nitrogens with one attached hydrogen (secondary N) is 1. The molecule has 0 amide bonds. The van der Waals surface area contributed by atoms with Crippen LogP contribution in [0.25, 0.3) is 0 Å². The zero-order chi connectivity index (χ0) is 12.1. The van der Waals surface area contributed by atoms with Gasteiger partial charge in [0, 0.05) is 18.4 Å². The van der Waals surface area contributed by atoms with Crippen LogP contribution in [0.2, 0.25) is 0 Å².